The van der Waals surface area contributed by atoms with Crippen LogP contribution < -0.4 is 32.7 Å². The van der Waals surface area contributed by atoms with E-state index in [1.807, 2.05) is 0 Å². The molecule has 0 radical (unpaired) electrons. The van der Waals surface area contributed by atoms with Gasteiger partial charge in [0.15, 0.2) is 0 Å². The highest BCUT2D eigenvalue weighted by Gasteiger charge is 2.30. The standard InChI is InChI=1S/C16H28N4O8.C14H23N3O10.C10H16N2O8.C10H12N2O6.C7H19N3.C6H12N2O4.C6H9NO6/c21-13(22)9-17-1-2-18(10-14(23)24)5-6-20(12-16(27)28)8-7-19(4-3-17)11-15(25)26;18-10(19)5-15(1-3-16(6-11(20)21)7-12(22)23)2-4-17(8-13(24)25)9-14(26)27;13-7(14)3-5(9(17)18)11-1-2-12-6(10(19)20)4-8(15)16;13-7-3-11(4-8(14)17-7)1-2-12-5-9(15)18-10(16)6-12;1-2-5-10(6-3-8)7-4-9;9-5(10)3-7-1-2-8-4-6(11)12;8-4(9)1-7(2-5(10)11)3-6(12)13/h1-12H2,(H,21,22)(H,23,24)(H,25,26)(H,27,28);1-9H2,(H,18,19)(H,20,21)(H,22,23)(H,24,25)(H,26,27);5-6,11-12H,1-4H2,(H,13,14)(H,15,16)(H,17,18)(H,19,20);1-6H2;2-9H2,1H3;7-8H,1-4H2,(H,9,10)(H,11,12);1-3H2,(H,8,9)(H,10,11)(H,12,13). The first-order chi connectivity index (χ1) is 59.8. The number of ether oxygens (including phenoxy) is 2. The maximum absolute atomic E-state index is 11.1. The lowest BCUT2D eigenvalue weighted by Gasteiger charge is -2.32. The van der Waals surface area contributed by atoms with Crippen LogP contribution in [0.15, 0.2) is 0 Å². The zero-order chi connectivity index (χ0) is 98.6. The Hall–Kier alpha value is -11.9. The molecule has 3 aliphatic heterocycles. The van der Waals surface area contributed by atoms with Gasteiger partial charge in [0.2, 0.25) is 0 Å². The number of aliphatic carboxylic acids is 18. The predicted octanol–water partition coefficient (Wildman–Crippen LogP) is -12.9. The largest absolute Gasteiger partial charge is 0.481 e. The number of hydrogen-bond donors (Lipinski definition) is 24. The van der Waals surface area contributed by atoms with Gasteiger partial charge in [0.1, 0.15) is 12.1 Å². The van der Waals surface area contributed by atoms with Gasteiger partial charge in [0.25, 0.3) is 0 Å². The molecule has 2 unspecified atom stereocenters. The van der Waals surface area contributed by atoms with Gasteiger partial charge in [0, 0.05) is 144 Å². The fourth-order valence-electron chi connectivity index (χ4n) is 10.7. The number of hydrogen-bond acceptors (Lipinski definition) is 41. The average molecular weight is 1860 g/mol. The minimum absolute atomic E-state index is 0.000836. The van der Waals surface area contributed by atoms with E-state index in [4.69, 9.17) is 103 Å². The molecule has 0 aliphatic carbocycles. The number of carboxylic acids is 18. The van der Waals surface area contributed by atoms with Crippen molar-refractivity contribution in [2.45, 2.75) is 38.3 Å². The summed E-state index contributed by atoms with van der Waals surface area (Å²) in [6.45, 7) is 5.31. The predicted molar refractivity (Wildman–Crippen MR) is 427 cm³/mol. The molecule has 0 spiro atoms. The highest BCUT2D eigenvalue weighted by Crippen LogP contribution is 2.06. The van der Waals surface area contributed by atoms with Gasteiger partial charge in [0.05, 0.1) is 131 Å². The second-order valence-corrected chi connectivity index (χ2v) is 27.2. The second kappa shape index (κ2) is 73.1. The van der Waals surface area contributed by atoms with Crippen LogP contribution in [0.3, 0.4) is 0 Å². The summed E-state index contributed by atoms with van der Waals surface area (Å²) in [5.74, 6) is -23.4. The Balaban J connectivity index is -0.000000720. The highest BCUT2D eigenvalue weighted by atomic mass is 16.6. The molecule has 3 heterocycles. The van der Waals surface area contributed by atoms with E-state index in [0.717, 1.165) is 47.4 Å². The Morgan fingerprint density at radius 2 is 0.531 bits per heavy atom. The first kappa shape index (κ1) is 122. The van der Waals surface area contributed by atoms with Crippen LogP contribution in [0.2, 0.25) is 0 Å². The van der Waals surface area contributed by atoms with Crippen LogP contribution in [0.25, 0.3) is 0 Å². The molecular formula is C69H119N17O42. The van der Waals surface area contributed by atoms with Crippen LogP contribution in [0, 0.1) is 0 Å². The van der Waals surface area contributed by atoms with Gasteiger partial charge >= 0.3 is 131 Å². The molecule has 0 aromatic heterocycles. The summed E-state index contributed by atoms with van der Waals surface area (Å²) in [5, 5.41) is 166. The van der Waals surface area contributed by atoms with Gasteiger partial charge in [-0.1, -0.05) is 6.92 Å². The second-order valence-electron chi connectivity index (χ2n) is 27.2. The molecule has 59 nitrogen and oxygen atoms in total. The zero-order valence-electron chi connectivity index (χ0n) is 70.2. The molecule has 732 valence electrons. The SMILES string of the molecule is CCCN(CCN)CCN.O=C(O)CC(NCCNC(CC(=O)O)C(=O)O)C(=O)O.O=C(O)CN(CC(=O)O)CC(=O)O.O=C(O)CN(CCN(CC(=O)O)CC(=O)O)CCN(CC(=O)O)CC(=O)O.O=C(O)CN1CCN(CC(=O)O)CCN(CC(=O)O)CCN(CC(=O)O)CC1.O=C(O)CNCCNCC(=O)O.O=C1CN(CCN2CC(=O)OC(=O)C2)CC(=O)O1. The molecule has 3 fully saturated rings. The summed E-state index contributed by atoms with van der Waals surface area (Å²) in [7, 11) is 0. The fraction of sp³-hybridized carbons (Fsp3) is 0.681. The molecule has 0 aromatic rings. The molecule has 0 amide bonds. The van der Waals surface area contributed by atoms with Crippen molar-refractivity contribution in [1.82, 2.24) is 75.2 Å². The topological polar surface area (TPSA) is 894 Å². The van der Waals surface area contributed by atoms with Gasteiger partial charge in [-0.05, 0) is 13.0 Å². The summed E-state index contributed by atoms with van der Waals surface area (Å²) in [5.41, 5.74) is 10.8. The third-order valence-corrected chi connectivity index (χ3v) is 16.0. The number of rotatable bonds is 57. The summed E-state index contributed by atoms with van der Waals surface area (Å²) in [4.78, 5) is 251. The monoisotopic (exact) mass is 1860 g/mol. The van der Waals surface area contributed by atoms with Crippen molar-refractivity contribution in [3.8, 4) is 0 Å². The average Bonchev–Trinajstić information content (AvgIpc) is 0.859. The molecule has 128 heavy (non-hydrogen) atoms. The van der Waals surface area contributed by atoms with Crippen LogP contribution in [0.1, 0.15) is 26.2 Å². The number of esters is 4. The van der Waals surface area contributed by atoms with Crippen molar-refractivity contribution < 1.29 is 207 Å². The van der Waals surface area contributed by atoms with Crippen molar-refractivity contribution in [1.29, 1.82) is 0 Å². The number of nitrogens with two attached hydrogens (primary N) is 2. The van der Waals surface area contributed by atoms with E-state index in [9.17, 15) is 105 Å². The van der Waals surface area contributed by atoms with Crippen LogP contribution in [-0.4, -0.2) is 558 Å². The van der Waals surface area contributed by atoms with Gasteiger partial charge < -0.3 is 139 Å². The Morgan fingerprint density at radius 3 is 0.734 bits per heavy atom. The molecular weight excluding hydrogens is 1740 g/mol. The van der Waals surface area contributed by atoms with Crippen molar-refractivity contribution >= 4 is 131 Å². The molecule has 0 saturated carbocycles. The van der Waals surface area contributed by atoms with E-state index in [2.05, 4.69) is 42.6 Å². The number of morpholine rings is 2. The van der Waals surface area contributed by atoms with Gasteiger partial charge in [-0.15, -0.1) is 0 Å². The Kier molecular flexibility index (Phi) is 69.9. The normalized spacial score (nSPS) is 14.7. The third-order valence-electron chi connectivity index (χ3n) is 16.0. The number of carbonyl (C=O) groups excluding carboxylic acids is 4. The Bertz CT molecular complexity index is 3170. The van der Waals surface area contributed by atoms with Crippen LogP contribution in [-0.2, 0) is 115 Å². The van der Waals surface area contributed by atoms with Crippen molar-refractivity contribution in [3.63, 3.8) is 0 Å². The molecule has 0 aromatic carbocycles. The van der Waals surface area contributed by atoms with Gasteiger partial charge in [-0.25, -0.2) is 0 Å². The third kappa shape index (κ3) is 78.8. The smallest absolute Gasteiger partial charge is 0.327 e. The summed E-state index contributed by atoms with van der Waals surface area (Å²) < 4.78 is 8.76. The van der Waals surface area contributed by atoms with E-state index in [0.29, 0.717) is 78.5 Å². The van der Waals surface area contributed by atoms with E-state index in [1.54, 1.807) is 29.4 Å². The fourth-order valence-corrected chi connectivity index (χ4v) is 10.7. The lowest BCUT2D eigenvalue weighted by molar-refractivity contribution is -0.170. The first-order valence-electron chi connectivity index (χ1n) is 38.5. The number of nitrogens with one attached hydrogen (secondary N) is 4. The Morgan fingerprint density at radius 1 is 0.297 bits per heavy atom. The molecule has 3 rings (SSSR count). The highest BCUT2D eigenvalue weighted by molar-refractivity contribution is 5.91. The van der Waals surface area contributed by atoms with Crippen molar-refractivity contribution in [3.05, 3.63) is 0 Å². The molecule has 3 saturated heterocycles. The summed E-state index contributed by atoms with van der Waals surface area (Å²) in [6.07, 6.45) is -0.0559. The van der Waals surface area contributed by atoms with E-state index < -0.39 is 209 Å². The quantitative estimate of drug-likeness (QED) is 0.0153. The molecule has 0 bridgehead atoms. The maximum Gasteiger partial charge on any atom is 0.327 e. The van der Waals surface area contributed by atoms with Gasteiger partial charge in [-0.2, -0.15) is 0 Å². The molecule has 59 heteroatoms. The number of nitrogens with zero attached hydrogens (tertiary/aromatic N) is 11. The lowest BCUT2D eigenvalue weighted by Crippen LogP contribution is -2.49. The van der Waals surface area contributed by atoms with Crippen molar-refractivity contribution in [2.24, 2.45) is 11.5 Å². The number of carbonyl (C=O) groups is 22. The summed E-state index contributed by atoms with van der Waals surface area (Å²) in [6, 6.07) is -2.59. The van der Waals surface area contributed by atoms with E-state index in [-0.39, 0.29) is 105 Å². The van der Waals surface area contributed by atoms with Crippen LogP contribution in [0.5, 0.6) is 0 Å². The Labute approximate surface area is 729 Å². The van der Waals surface area contributed by atoms with Gasteiger partial charge in [-0.3, -0.25) is 154 Å². The lowest BCUT2D eigenvalue weighted by atomic mass is 10.2. The van der Waals surface area contributed by atoms with Crippen molar-refractivity contribution in [2.75, 3.05) is 268 Å². The number of cyclic esters (lactones) is 4. The first-order valence-corrected chi connectivity index (χ1v) is 38.5. The van der Waals surface area contributed by atoms with Crippen LogP contribution >= 0.6 is 0 Å². The molecule has 26 N–H and O–H groups in total. The zero-order valence-corrected chi connectivity index (χ0v) is 70.2. The molecule has 3 aliphatic rings. The number of carboxylic acid groups (broad SMARTS) is 18. The van der Waals surface area contributed by atoms with Crippen LogP contribution in [0.4, 0.5) is 0 Å². The van der Waals surface area contributed by atoms with E-state index >= 15 is 0 Å². The minimum atomic E-state index is -1.34. The molecule has 2 atom stereocenters. The summed E-state index contributed by atoms with van der Waals surface area (Å²) >= 11 is 0. The van der Waals surface area contributed by atoms with E-state index in [1.165, 1.54) is 11.3 Å². The maximum atomic E-state index is 11.1. The minimum Gasteiger partial charge on any atom is -0.481 e.